The first-order valence-corrected chi connectivity index (χ1v) is 12.3. The summed E-state index contributed by atoms with van der Waals surface area (Å²) in [6.45, 7) is 6.94. The van der Waals surface area contributed by atoms with E-state index in [9.17, 15) is 18.5 Å². The van der Waals surface area contributed by atoms with Crippen molar-refractivity contribution in [2.24, 2.45) is 0 Å². The number of piperazine rings is 1. The van der Waals surface area contributed by atoms with Gasteiger partial charge < -0.3 is 9.80 Å². The Kier molecular flexibility index (Phi) is 7.83. The number of hydrogen-bond acceptors (Lipinski definition) is 6. The molecule has 0 unspecified atom stereocenters. The molecule has 0 spiro atoms. The van der Waals surface area contributed by atoms with Gasteiger partial charge in [0.2, 0.25) is 15.9 Å². The molecule has 2 heterocycles. The lowest BCUT2D eigenvalue weighted by Gasteiger charge is -2.35. The highest BCUT2D eigenvalue weighted by atomic mass is 32.2. The topological polar surface area (TPSA) is 97.6 Å². The first-order chi connectivity index (χ1) is 15.4. The van der Waals surface area contributed by atoms with Crippen LogP contribution < -0.4 is 4.90 Å². The minimum absolute atomic E-state index is 0.0750. The molecule has 1 aliphatic heterocycles. The van der Waals surface area contributed by atoms with E-state index < -0.39 is 10.0 Å². The van der Waals surface area contributed by atoms with Crippen LogP contribution in [0.1, 0.15) is 31.4 Å². The Labute approximate surface area is 190 Å². The molecular weight excluding hydrogens is 426 g/mol. The van der Waals surface area contributed by atoms with Crippen LogP contribution in [0.2, 0.25) is 0 Å². The number of pyridine rings is 1. The Hall–Kier alpha value is -2.96. The highest BCUT2D eigenvalue weighted by molar-refractivity contribution is 7.89. The summed E-state index contributed by atoms with van der Waals surface area (Å²) >= 11 is 0. The van der Waals surface area contributed by atoms with Crippen LogP contribution in [0.4, 0.5) is 5.82 Å². The summed E-state index contributed by atoms with van der Waals surface area (Å²) in [6, 6.07) is 12.5. The molecule has 0 bridgehead atoms. The van der Waals surface area contributed by atoms with E-state index in [1.165, 1.54) is 4.31 Å². The third-order valence-corrected chi connectivity index (χ3v) is 7.80. The van der Waals surface area contributed by atoms with Gasteiger partial charge in [-0.25, -0.2) is 13.4 Å². The van der Waals surface area contributed by atoms with E-state index in [0.717, 1.165) is 5.56 Å². The summed E-state index contributed by atoms with van der Waals surface area (Å²) in [4.78, 5) is 21.1. The Bertz CT molecular complexity index is 1070. The zero-order valence-electron chi connectivity index (χ0n) is 18.6. The van der Waals surface area contributed by atoms with E-state index in [0.29, 0.717) is 63.5 Å². The van der Waals surface area contributed by atoms with E-state index in [2.05, 4.69) is 11.1 Å². The number of amides is 1. The number of rotatable bonds is 8. The lowest BCUT2D eigenvalue weighted by molar-refractivity contribution is -0.131. The quantitative estimate of drug-likeness (QED) is 0.606. The summed E-state index contributed by atoms with van der Waals surface area (Å²) in [7, 11) is -3.47. The predicted octanol–water partition coefficient (Wildman–Crippen LogP) is 2.27. The van der Waals surface area contributed by atoms with E-state index >= 15 is 0 Å². The fraction of sp³-hybridized carbons (Fsp3) is 0.435. The average Bonchev–Trinajstić information content (AvgIpc) is 2.83. The van der Waals surface area contributed by atoms with Gasteiger partial charge in [0.05, 0.1) is 10.5 Å². The Morgan fingerprint density at radius 2 is 1.75 bits per heavy atom. The maximum atomic E-state index is 12.7. The molecule has 0 saturated carbocycles. The molecule has 9 heteroatoms. The van der Waals surface area contributed by atoms with Crippen molar-refractivity contribution in [1.82, 2.24) is 14.2 Å². The van der Waals surface area contributed by atoms with E-state index in [4.69, 9.17) is 0 Å². The smallest absolute Gasteiger partial charge is 0.243 e. The van der Waals surface area contributed by atoms with Crippen molar-refractivity contribution < 1.29 is 13.2 Å². The van der Waals surface area contributed by atoms with Crippen LogP contribution in [0, 0.1) is 11.3 Å². The van der Waals surface area contributed by atoms with Gasteiger partial charge in [-0.2, -0.15) is 9.57 Å². The van der Waals surface area contributed by atoms with E-state index in [-0.39, 0.29) is 10.8 Å². The van der Waals surface area contributed by atoms with Crippen LogP contribution in [0.5, 0.6) is 0 Å². The molecule has 1 aliphatic rings. The minimum Gasteiger partial charge on any atom is -0.352 e. The number of aromatic nitrogens is 1. The van der Waals surface area contributed by atoms with Crippen LogP contribution in [0.15, 0.2) is 47.5 Å². The van der Waals surface area contributed by atoms with Crippen molar-refractivity contribution in [3.05, 3.63) is 53.7 Å². The van der Waals surface area contributed by atoms with Gasteiger partial charge in [-0.3, -0.25) is 4.79 Å². The zero-order valence-corrected chi connectivity index (χ0v) is 19.4. The average molecular weight is 456 g/mol. The predicted molar refractivity (Wildman–Crippen MR) is 123 cm³/mol. The summed E-state index contributed by atoms with van der Waals surface area (Å²) in [5.41, 5.74) is 1.47. The normalized spacial score (nSPS) is 14.4. The minimum atomic E-state index is -3.47. The number of nitriles is 1. The molecular formula is C23H29N5O3S. The summed E-state index contributed by atoms with van der Waals surface area (Å²) in [5, 5.41) is 9.26. The molecule has 32 heavy (non-hydrogen) atoms. The van der Waals surface area contributed by atoms with E-state index in [1.54, 1.807) is 42.6 Å². The Balaban J connectivity index is 1.53. The Morgan fingerprint density at radius 1 is 1.09 bits per heavy atom. The first kappa shape index (κ1) is 23.7. The zero-order chi connectivity index (χ0) is 23.1. The molecule has 1 amide bonds. The molecule has 8 nitrogen and oxygen atoms in total. The van der Waals surface area contributed by atoms with Crippen molar-refractivity contribution in [1.29, 1.82) is 5.26 Å². The lowest BCUT2D eigenvalue weighted by Crippen LogP contribution is -2.49. The Morgan fingerprint density at radius 3 is 2.34 bits per heavy atom. The highest BCUT2D eigenvalue weighted by Gasteiger charge is 2.24. The van der Waals surface area contributed by atoms with Gasteiger partial charge in [0.1, 0.15) is 11.9 Å². The number of sulfonamides is 1. The number of carbonyl (C=O) groups is 1. The second kappa shape index (κ2) is 10.6. The van der Waals surface area contributed by atoms with Crippen molar-refractivity contribution in [2.45, 2.75) is 31.6 Å². The van der Waals surface area contributed by atoms with Crippen LogP contribution in [-0.4, -0.2) is 67.8 Å². The molecule has 170 valence electrons. The third-order valence-electron chi connectivity index (χ3n) is 5.73. The summed E-state index contributed by atoms with van der Waals surface area (Å²) in [6.07, 6.45) is 2.60. The number of nitrogens with zero attached hydrogens (tertiary/aromatic N) is 5. The van der Waals surface area contributed by atoms with E-state index in [1.807, 2.05) is 23.6 Å². The van der Waals surface area contributed by atoms with Crippen molar-refractivity contribution >= 4 is 21.7 Å². The molecule has 1 aromatic carbocycles. The number of carbonyl (C=O) groups excluding carboxylic acids is 1. The van der Waals surface area contributed by atoms with Crippen molar-refractivity contribution in [3.8, 4) is 6.07 Å². The molecule has 3 rings (SSSR count). The van der Waals surface area contributed by atoms with Gasteiger partial charge in [-0.1, -0.05) is 26.0 Å². The fourth-order valence-corrected chi connectivity index (χ4v) is 5.31. The van der Waals surface area contributed by atoms with Crippen molar-refractivity contribution in [2.75, 3.05) is 44.2 Å². The molecule has 1 fully saturated rings. The molecule has 1 saturated heterocycles. The third kappa shape index (κ3) is 5.26. The molecule has 0 aliphatic carbocycles. The second-order valence-electron chi connectivity index (χ2n) is 7.59. The van der Waals surface area contributed by atoms with Crippen LogP contribution in [0.25, 0.3) is 0 Å². The first-order valence-electron chi connectivity index (χ1n) is 10.9. The number of anilines is 1. The van der Waals surface area contributed by atoms with Gasteiger partial charge >= 0.3 is 0 Å². The number of hydrogen-bond donors (Lipinski definition) is 0. The van der Waals surface area contributed by atoms with Gasteiger partial charge in [-0.05, 0) is 36.2 Å². The number of aryl methyl sites for hydroxylation is 1. The second-order valence-corrected chi connectivity index (χ2v) is 9.53. The number of benzene rings is 1. The standard InChI is InChI=1S/C23H29N5O3S/c1-3-28(4-2)32(30,31)21-10-7-19(8-11-21)9-12-22(29)26-14-16-27(17-15-26)23-20(18-24)6-5-13-25-23/h5-8,10-11,13H,3-4,9,12,14-17H2,1-2H3. The molecule has 1 aromatic heterocycles. The monoisotopic (exact) mass is 455 g/mol. The molecule has 2 aromatic rings. The maximum Gasteiger partial charge on any atom is 0.243 e. The van der Waals surface area contributed by atoms with Gasteiger partial charge in [-0.15, -0.1) is 0 Å². The van der Waals surface area contributed by atoms with Crippen LogP contribution in [-0.2, 0) is 21.2 Å². The summed E-state index contributed by atoms with van der Waals surface area (Å²) < 4.78 is 26.6. The lowest BCUT2D eigenvalue weighted by atomic mass is 10.1. The van der Waals surface area contributed by atoms with Crippen molar-refractivity contribution in [3.63, 3.8) is 0 Å². The fourth-order valence-electron chi connectivity index (χ4n) is 3.85. The van der Waals surface area contributed by atoms with Gasteiger partial charge in [0.25, 0.3) is 0 Å². The maximum absolute atomic E-state index is 12.7. The summed E-state index contributed by atoms with van der Waals surface area (Å²) in [5.74, 6) is 0.743. The molecule has 0 radical (unpaired) electrons. The SMILES string of the molecule is CCN(CC)S(=O)(=O)c1ccc(CCC(=O)N2CCN(c3ncccc3C#N)CC2)cc1. The highest BCUT2D eigenvalue weighted by Crippen LogP contribution is 2.19. The van der Waals surface area contributed by atoms with Crippen LogP contribution in [0.3, 0.4) is 0 Å². The van der Waals surface area contributed by atoms with Gasteiger partial charge in [0, 0.05) is 51.9 Å². The largest absolute Gasteiger partial charge is 0.352 e. The molecule has 0 N–H and O–H groups in total. The van der Waals surface area contributed by atoms with Crippen LogP contribution >= 0.6 is 0 Å². The molecule has 0 atom stereocenters. The van der Waals surface area contributed by atoms with Gasteiger partial charge in [0.15, 0.2) is 0 Å².